The Kier molecular flexibility index (Phi) is 10.0. The summed E-state index contributed by atoms with van der Waals surface area (Å²) >= 11 is 0. The standard InChI is InChI=1S/C12H25FN4O/c1-4-5-8-14-12(15-9-6-7-13)16-10-11(18)17(2)3/h4-10H2,1-3H3,(H2,14,15,16). The number of guanidine groups is 1. The number of hydrogen-bond acceptors (Lipinski definition) is 2. The maximum atomic E-state index is 12.0. The largest absolute Gasteiger partial charge is 0.356 e. The highest BCUT2D eigenvalue weighted by Gasteiger charge is 2.03. The van der Waals surface area contributed by atoms with Crippen LogP contribution in [0.25, 0.3) is 0 Å². The molecule has 0 aliphatic heterocycles. The van der Waals surface area contributed by atoms with Gasteiger partial charge in [-0.1, -0.05) is 13.3 Å². The molecule has 0 aliphatic carbocycles. The summed E-state index contributed by atoms with van der Waals surface area (Å²) in [6.45, 7) is 3.17. The van der Waals surface area contributed by atoms with Crippen LogP contribution < -0.4 is 10.6 Å². The summed E-state index contributed by atoms with van der Waals surface area (Å²) in [6.07, 6.45) is 2.56. The second-order valence-corrected chi connectivity index (χ2v) is 4.20. The lowest BCUT2D eigenvalue weighted by Gasteiger charge is -2.13. The Morgan fingerprint density at radius 2 is 1.83 bits per heavy atom. The van der Waals surface area contributed by atoms with E-state index in [4.69, 9.17) is 0 Å². The summed E-state index contributed by atoms with van der Waals surface area (Å²) in [4.78, 5) is 17.1. The third kappa shape index (κ3) is 8.78. The van der Waals surface area contributed by atoms with Gasteiger partial charge < -0.3 is 15.5 Å². The third-order valence-corrected chi connectivity index (χ3v) is 2.30. The summed E-state index contributed by atoms with van der Waals surface area (Å²) < 4.78 is 12.0. The molecule has 1 amide bonds. The molecular formula is C12H25FN4O. The van der Waals surface area contributed by atoms with Crippen molar-refractivity contribution >= 4 is 11.9 Å². The van der Waals surface area contributed by atoms with Crippen LogP contribution in [-0.4, -0.2) is 57.2 Å². The molecule has 0 atom stereocenters. The van der Waals surface area contributed by atoms with E-state index in [9.17, 15) is 9.18 Å². The van der Waals surface area contributed by atoms with E-state index in [-0.39, 0.29) is 19.1 Å². The van der Waals surface area contributed by atoms with E-state index in [1.807, 2.05) is 0 Å². The molecular weight excluding hydrogens is 235 g/mol. The molecule has 6 heteroatoms. The van der Waals surface area contributed by atoms with Gasteiger partial charge in [0.2, 0.25) is 5.91 Å². The maximum Gasteiger partial charge on any atom is 0.243 e. The van der Waals surface area contributed by atoms with E-state index >= 15 is 0 Å². The van der Waals surface area contributed by atoms with Crippen LogP contribution in [0.2, 0.25) is 0 Å². The van der Waals surface area contributed by atoms with E-state index in [0.29, 0.717) is 18.9 Å². The van der Waals surface area contributed by atoms with Gasteiger partial charge in [0.15, 0.2) is 5.96 Å². The summed E-state index contributed by atoms with van der Waals surface area (Å²) in [7, 11) is 3.39. The van der Waals surface area contributed by atoms with Crippen molar-refractivity contribution in [1.29, 1.82) is 0 Å². The predicted molar refractivity (Wildman–Crippen MR) is 72.5 cm³/mol. The number of unbranched alkanes of at least 4 members (excludes halogenated alkanes) is 1. The summed E-state index contributed by atoms with van der Waals surface area (Å²) in [5, 5.41) is 6.12. The number of nitrogens with one attached hydrogen (secondary N) is 2. The van der Waals surface area contributed by atoms with Gasteiger partial charge >= 0.3 is 0 Å². The van der Waals surface area contributed by atoms with Crippen LogP contribution in [0.1, 0.15) is 26.2 Å². The highest BCUT2D eigenvalue weighted by atomic mass is 19.1. The average molecular weight is 260 g/mol. The number of aliphatic imine (C=N–C) groups is 1. The van der Waals surface area contributed by atoms with Crippen LogP contribution in [0.3, 0.4) is 0 Å². The minimum atomic E-state index is -0.355. The number of rotatable bonds is 8. The molecule has 0 aromatic carbocycles. The Hall–Kier alpha value is -1.33. The predicted octanol–water partition coefficient (Wildman–Crippen LogP) is 0.769. The molecule has 0 fully saturated rings. The Labute approximate surface area is 109 Å². The van der Waals surface area contributed by atoms with E-state index in [1.54, 1.807) is 14.1 Å². The fourth-order valence-corrected chi connectivity index (χ4v) is 1.12. The van der Waals surface area contributed by atoms with Gasteiger partial charge in [0.1, 0.15) is 6.54 Å². The molecule has 5 nitrogen and oxygen atoms in total. The van der Waals surface area contributed by atoms with Gasteiger partial charge in [-0.25, -0.2) is 4.99 Å². The van der Waals surface area contributed by atoms with Crippen molar-refractivity contribution in [3.05, 3.63) is 0 Å². The Balaban J connectivity index is 4.16. The molecule has 0 bridgehead atoms. The van der Waals surface area contributed by atoms with Crippen LogP contribution in [-0.2, 0) is 4.79 Å². The zero-order valence-electron chi connectivity index (χ0n) is 11.6. The molecule has 0 aromatic heterocycles. The number of amides is 1. The van der Waals surface area contributed by atoms with Crippen molar-refractivity contribution < 1.29 is 9.18 Å². The quantitative estimate of drug-likeness (QED) is 0.385. The smallest absolute Gasteiger partial charge is 0.243 e. The second-order valence-electron chi connectivity index (χ2n) is 4.20. The van der Waals surface area contributed by atoms with Crippen molar-refractivity contribution in [2.45, 2.75) is 26.2 Å². The van der Waals surface area contributed by atoms with Crippen molar-refractivity contribution in [1.82, 2.24) is 15.5 Å². The van der Waals surface area contributed by atoms with E-state index in [2.05, 4.69) is 22.5 Å². The van der Waals surface area contributed by atoms with E-state index < -0.39 is 0 Å². The first-order chi connectivity index (χ1) is 8.61. The molecule has 106 valence electrons. The van der Waals surface area contributed by atoms with Crippen LogP contribution in [0.5, 0.6) is 0 Å². The fraction of sp³-hybridized carbons (Fsp3) is 0.833. The monoisotopic (exact) mass is 260 g/mol. The van der Waals surface area contributed by atoms with Crippen molar-refractivity contribution in [2.75, 3.05) is 40.4 Å². The topological polar surface area (TPSA) is 56.7 Å². The van der Waals surface area contributed by atoms with Gasteiger partial charge in [-0.15, -0.1) is 0 Å². The fourth-order valence-electron chi connectivity index (χ4n) is 1.12. The van der Waals surface area contributed by atoms with Gasteiger partial charge in [-0.2, -0.15) is 0 Å². The maximum absolute atomic E-state index is 12.0. The molecule has 0 radical (unpaired) electrons. The van der Waals surface area contributed by atoms with Crippen molar-refractivity contribution in [3.8, 4) is 0 Å². The molecule has 0 unspecified atom stereocenters. The molecule has 2 N–H and O–H groups in total. The SMILES string of the molecule is CCCCNC(=NCC(=O)N(C)C)NCCCF. The van der Waals surface area contributed by atoms with Crippen molar-refractivity contribution in [2.24, 2.45) is 4.99 Å². The molecule has 0 aromatic rings. The Bertz CT molecular complexity index is 244. The summed E-state index contributed by atoms with van der Waals surface area (Å²) in [6, 6.07) is 0. The highest BCUT2D eigenvalue weighted by molar-refractivity contribution is 5.84. The zero-order valence-corrected chi connectivity index (χ0v) is 11.6. The minimum absolute atomic E-state index is 0.0583. The van der Waals surface area contributed by atoms with Crippen LogP contribution >= 0.6 is 0 Å². The average Bonchev–Trinajstić information content (AvgIpc) is 2.35. The zero-order chi connectivity index (χ0) is 13.8. The molecule has 18 heavy (non-hydrogen) atoms. The molecule has 0 saturated carbocycles. The van der Waals surface area contributed by atoms with Gasteiger partial charge in [0.05, 0.1) is 6.67 Å². The number of nitrogens with zero attached hydrogens (tertiary/aromatic N) is 2. The molecule has 0 spiro atoms. The van der Waals surface area contributed by atoms with Crippen LogP contribution in [0.4, 0.5) is 4.39 Å². The lowest BCUT2D eigenvalue weighted by Crippen LogP contribution is -2.39. The molecule has 0 rings (SSSR count). The lowest BCUT2D eigenvalue weighted by molar-refractivity contribution is -0.127. The van der Waals surface area contributed by atoms with Gasteiger partial charge in [-0.05, 0) is 12.8 Å². The van der Waals surface area contributed by atoms with Crippen LogP contribution in [0.15, 0.2) is 4.99 Å². The first-order valence-corrected chi connectivity index (χ1v) is 6.40. The highest BCUT2D eigenvalue weighted by Crippen LogP contribution is 1.85. The van der Waals surface area contributed by atoms with E-state index in [0.717, 1.165) is 19.4 Å². The van der Waals surface area contributed by atoms with E-state index in [1.165, 1.54) is 4.90 Å². The number of hydrogen-bond donors (Lipinski definition) is 2. The van der Waals surface area contributed by atoms with Gasteiger partial charge in [0.25, 0.3) is 0 Å². The minimum Gasteiger partial charge on any atom is -0.356 e. The number of likely N-dealkylation sites (N-methyl/N-ethyl adjacent to an activating group) is 1. The number of alkyl halides is 1. The normalized spacial score (nSPS) is 11.2. The van der Waals surface area contributed by atoms with Gasteiger partial charge in [-0.3, -0.25) is 9.18 Å². The van der Waals surface area contributed by atoms with Crippen LogP contribution in [0, 0.1) is 0 Å². The summed E-state index contributed by atoms with van der Waals surface area (Å²) in [5.41, 5.74) is 0. The Morgan fingerprint density at radius 1 is 1.22 bits per heavy atom. The molecule has 0 heterocycles. The summed E-state index contributed by atoms with van der Waals surface area (Å²) in [5.74, 6) is 0.518. The Morgan fingerprint density at radius 3 is 2.33 bits per heavy atom. The third-order valence-electron chi connectivity index (χ3n) is 2.30. The number of carbonyl (C=O) groups excluding carboxylic acids is 1. The van der Waals surface area contributed by atoms with Gasteiger partial charge in [0, 0.05) is 27.2 Å². The first-order valence-electron chi connectivity index (χ1n) is 6.40. The lowest BCUT2D eigenvalue weighted by atomic mass is 10.3. The number of halogens is 1. The van der Waals surface area contributed by atoms with Crippen molar-refractivity contribution in [3.63, 3.8) is 0 Å². The first kappa shape index (κ1) is 16.7. The number of carbonyl (C=O) groups is 1. The molecule has 0 aliphatic rings. The second kappa shape index (κ2) is 10.8. The molecule has 0 saturated heterocycles.